The molecule has 0 radical (unpaired) electrons. The average Bonchev–Trinajstić information content (AvgIpc) is 2.81. The van der Waals surface area contributed by atoms with E-state index in [2.05, 4.69) is 5.32 Å². The molecule has 0 aliphatic rings. The van der Waals surface area contributed by atoms with Gasteiger partial charge in [-0.25, -0.2) is 0 Å². The summed E-state index contributed by atoms with van der Waals surface area (Å²) in [6.45, 7) is 0. The Kier molecular flexibility index (Phi) is 3.20. The topological polar surface area (TPSA) is 72.2 Å². The maximum atomic E-state index is 11.9. The molecule has 0 atom stereocenters. The predicted molar refractivity (Wildman–Crippen MR) is 67.2 cm³/mol. The lowest BCUT2D eigenvalue weighted by atomic mass is 10.1. The van der Waals surface area contributed by atoms with E-state index in [4.69, 9.17) is 5.73 Å². The van der Waals surface area contributed by atoms with E-state index >= 15 is 0 Å². The molecular weight excluding hydrogens is 236 g/mol. The van der Waals surface area contributed by atoms with Gasteiger partial charge in [-0.15, -0.1) is 11.3 Å². The van der Waals surface area contributed by atoms with Gasteiger partial charge in [-0.05, 0) is 29.6 Å². The minimum absolute atomic E-state index is 0.224. The van der Waals surface area contributed by atoms with Crippen LogP contribution >= 0.6 is 11.3 Å². The van der Waals surface area contributed by atoms with Crippen LogP contribution in [0.25, 0.3) is 0 Å². The highest BCUT2D eigenvalue weighted by atomic mass is 32.1. The number of hydrogen-bond acceptors (Lipinski definition) is 3. The van der Waals surface area contributed by atoms with Crippen molar-refractivity contribution in [3.8, 4) is 0 Å². The van der Waals surface area contributed by atoms with Gasteiger partial charge in [0.2, 0.25) is 5.91 Å². The number of benzene rings is 1. The van der Waals surface area contributed by atoms with Crippen LogP contribution in [0.2, 0.25) is 0 Å². The van der Waals surface area contributed by atoms with Crippen molar-refractivity contribution in [2.24, 2.45) is 5.73 Å². The third-order valence-corrected chi connectivity index (χ3v) is 2.98. The molecule has 0 unspecified atom stereocenters. The summed E-state index contributed by atoms with van der Waals surface area (Å²) in [5, 5.41) is 5.29. The van der Waals surface area contributed by atoms with E-state index in [0.29, 0.717) is 0 Å². The van der Waals surface area contributed by atoms with E-state index in [-0.39, 0.29) is 17.0 Å². The highest BCUT2D eigenvalue weighted by molar-refractivity contribution is 7.14. The Morgan fingerprint density at radius 1 is 1.06 bits per heavy atom. The van der Waals surface area contributed by atoms with Crippen molar-refractivity contribution >= 4 is 28.2 Å². The molecule has 3 N–H and O–H groups in total. The number of nitrogens with one attached hydrogen (secondary N) is 1. The van der Waals surface area contributed by atoms with Crippen molar-refractivity contribution < 1.29 is 9.59 Å². The zero-order valence-corrected chi connectivity index (χ0v) is 9.66. The van der Waals surface area contributed by atoms with E-state index in [1.165, 1.54) is 17.4 Å². The maximum Gasteiger partial charge on any atom is 0.257 e. The van der Waals surface area contributed by atoms with Gasteiger partial charge in [-0.2, -0.15) is 0 Å². The molecule has 0 fully saturated rings. The Bertz CT molecular complexity index is 549. The SMILES string of the molecule is NC(=O)c1ccccc1C(=O)Nc1cccs1. The van der Waals surface area contributed by atoms with Crippen LogP contribution in [-0.2, 0) is 0 Å². The Labute approximate surface area is 102 Å². The summed E-state index contributed by atoms with van der Waals surface area (Å²) in [5.41, 5.74) is 5.72. The first-order chi connectivity index (χ1) is 8.18. The second kappa shape index (κ2) is 4.80. The van der Waals surface area contributed by atoms with Gasteiger partial charge in [-0.1, -0.05) is 12.1 Å². The normalized spacial score (nSPS) is 9.88. The molecular formula is C12H10N2O2S. The summed E-state index contributed by atoms with van der Waals surface area (Å²) < 4.78 is 0. The third kappa shape index (κ3) is 2.51. The number of amides is 2. The van der Waals surface area contributed by atoms with Crippen molar-refractivity contribution in [3.05, 3.63) is 52.9 Å². The number of rotatable bonds is 3. The molecule has 0 aliphatic carbocycles. The first-order valence-corrected chi connectivity index (χ1v) is 5.80. The third-order valence-electron chi connectivity index (χ3n) is 2.20. The second-order valence-corrected chi connectivity index (χ2v) is 4.29. The van der Waals surface area contributed by atoms with Gasteiger partial charge < -0.3 is 11.1 Å². The number of thiophene rings is 1. The molecule has 0 bridgehead atoms. The van der Waals surface area contributed by atoms with E-state index in [1.54, 1.807) is 24.3 Å². The van der Waals surface area contributed by atoms with Crippen molar-refractivity contribution in [1.29, 1.82) is 0 Å². The fraction of sp³-hybridized carbons (Fsp3) is 0. The van der Waals surface area contributed by atoms with Gasteiger partial charge in [-0.3, -0.25) is 9.59 Å². The average molecular weight is 246 g/mol. The molecule has 0 saturated carbocycles. The smallest absolute Gasteiger partial charge is 0.257 e. The Hall–Kier alpha value is -2.14. The lowest BCUT2D eigenvalue weighted by molar-refractivity contribution is 0.0977. The lowest BCUT2D eigenvalue weighted by Crippen LogP contribution is -2.19. The van der Waals surface area contributed by atoms with Crippen molar-refractivity contribution in [3.63, 3.8) is 0 Å². The number of primary amides is 1. The molecule has 86 valence electrons. The zero-order chi connectivity index (χ0) is 12.3. The van der Waals surface area contributed by atoms with Crippen LogP contribution in [0.1, 0.15) is 20.7 Å². The molecule has 2 rings (SSSR count). The molecule has 4 nitrogen and oxygen atoms in total. The fourth-order valence-corrected chi connectivity index (χ4v) is 2.04. The molecule has 1 heterocycles. The quantitative estimate of drug-likeness (QED) is 0.870. The molecule has 5 heteroatoms. The molecule has 2 amide bonds. The van der Waals surface area contributed by atoms with Crippen LogP contribution in [0.3, 0.4) is 0 Å². The summed E-state index contributed by atoms with van der Waals surface area (Å²) >= 11 is 1.41. The summed E-state index contributed by atoms with van der Waals surface area (Å²) in [6.07, 6.45) is 0. The van der Waals surface area contributed by atoms with Gasteiger partial charge >= 0.3 is 0 Å². The molecule has 17 heavy (non-hydrogen) atoms. The zero-order valence-electron chi connectivity index (χ0n) is 8.84. The highest BCUT2D eigenvalue weighted by Crippen LogP contribution is 2.17. The van der Waals surface area contributed by atoms with Crippen LogP contribution in [0.15, 0.2) is 41.8 Å². The number of carbonyl (C=O) groups is 2. The summed E-state index contributed by atoms with van der Waals surface area (Å²) in [5.74, 6) is -0.941. The molecule has 0 saturated heterocycles. The van der Waals surface area contributed by atoms with Crippen LogP contribution in [0, 0.1) is 0 Å². The van der Waals surface area contributed by atoms with Crippen LogP contribution in [-0.4, -0.2) is 11.8 Å². The first-order valence-electron chi connectivity index (χ1n) is 4.92. The Morgan fingerprint density at radius 2 is 1.76 bits per heavy atom. The Morgan fingerprint density at radius 3 is 2.35 bits per heavy atom. The second-order valence-electron chi connectivity index (χ2n) is 3.34. The Balaban J connectivity index is 2.28. The number of nitrogens with two attached hydrogens (primary N) is 1. The fourth-order valence-electron chi connectivity index (χ4n) is 1.42. The van der Waals surface area contributed by atoms with E-state index in [9.17, 15) is 9.59 Å². The largest absolute Gasteiger partial charge is 0.366 e. The van der Waals surface area contributed by atoms with Crippen LogP contribution < -0.4 is 11.1 Å². The van der Waals surface area contributed by atoms with Gasteiger partial charge in [0.25, 0.3) is 5.91 Å². The molecule has 1 aromatic carbocycles. The van der Waals surface area contributed by atoms with Crippen LogP contribution in [0.4, 0.5) is 5.00 Å². The number of carbonyl (C=O) groups excluding carboxylic acids is 2. The molecule has 1 aromatic heterocycles. The highest BCUT2D eigenvalue weighted by Gasteiger charge is 2.14. The lowest BCUT2D eigenvalue weighted by Gasteiger charge is -2.06. The predicted octanol–water partition coefficient (Wildman–Crippen LogP) is 2.10. The van der Waals surface area contributed by atoms with E-state index in [0.717, 1.165) is 5.00 Å². The number of hydrogen-bond donors (Lipinski definition) is 2. The van der Waals surface area contributed by atoms with E-state index < -0.39 is 5.91 Å². The number of anilines is 1. The van der Waals surface area contributed by atoms with Gasteiger partial charge in [0, 0.05) is 0 Å². The molecule has 0 aliphatic heterocycles. The van der Waals surface area contributed by atoms with Crippen molar-refractivity contribution in [2.45, 2.75) is 0 Å². The van der Waals surface area contributed by atoms with Gasteiger partial charge in [0.05, 0.1) is 16.1 Å². The molecule has 2 aromatic rings. The summed E-state index contributed by atoms with van der Waals surface area (Å²) in [4.78, 5) is 23.1. The van der Waals surface area contributed by atoms with Crippen molar-refractivity contribution in [2.75, 3.05) is 5.32 Å². The van der Waals surface area contributed by atoms with Gasteiger partial charge in [0.1, 0.15) is 0 Å². The van der Waals surface area contributed by atoms with E-state index in [1.807, 2.05) is 11.4 Å². The maximum absolute atomic E-state index is 11.9. The summed E-state index contributed by atoms with van der Waals surface area (Å²) in [6, 6.07) is 10.1. The minimum atomic E-state index is -0.609. The van der Waals surface area contributed by atoms with Gasteiger partial charge in [0.15, 0.2) is 0 Å². The first kappa shape index (κ1) is 11.3. The standard InChI is InChI=1S/C12H10N2O2S/c13-11(15)8-4-1-2-5-9(8)12(16)14-10-6-3-7-17-10/h1-7H,(H2,13,15)(H,14,16). The van der Waals surface area contributed by atoms with Crippen molar-refractivity contribution in [1.82, 2.24) is 0 Å². The summed E-state index contributed by atoms with van der Waals surface area (Å²) in [7, 11) is 0. The molecule has 0 spiro atoms. The minimum Gasteiger partial charge on any atom is -0.366 e. The van der Waals surface area contributed by atoms with Crippen LogP contribution in [0.5, 0.6) is 0 Å². The monoisotopic (exact) mass is 246 g/mol.